The summed E-state index contributed by atoms with van der Waals surface area (Å²) in [4.78, 5) is 12.9. The minimum absolute atomic E-state index is 0.0604. The van der Waals surface area contributed by atoms with Gasteiger partial charge in [0.15, 0.2) is 0 Å². The molecule has 0 saturated heterocycles. The molecule has 0 spiro atoms. The van der Waals surface area contributed by atoms with Crippen molar-refractivity contribution in [2.24, 2.45) is 0 Å². The molecule has 2 nitrogen and oxygen atoms in total. The van der Waals surface area contributed by atoms with Gasteiger partial charge < -0.3 is 5.11 Å². The number of benzene rings is 2. The standard InChI is InChI=1S/C16H16O2S/c17-14(12-19-15-9-5-2-6-10-15)11-16(18)13-7-3-1-4-8-13/h1-10,16,18H,11-12H2/t16-/m1/s1. The molecule has 2 aromatic carbocycles. The van der Waals surface area contributed by atoms with Crippen LogP contribution in [0, 0.1) is 0 Å². The number of carbonyl (C=O) groups is 1. The Morgan fingerprint density at radius 2 is 1.58 bits per heavy atom. The highest BCUT2D eigenvalue weighted by molar-refractivity contribution is 8.00. The predicted octanol–water partition coefficient (Wildman–Crippen LogP) is 3.47. The average molecular weight is 272 g/mol. The molecule has 0 unspecified atom stereocenters. The second-order valence-corrected chi connectivity index (χ2v) is 5.32. The second kappa shape index (κ2) is 7.12. The van der Waals surface area contributed by atoms with Crippen LogP contribution in [0.4, 0.5) is 0 Å². The van der Waals surface area contributed by atoms with Crippen LogP contribution < -0.4 is 0 Å². The minimum Gasteiger partial charge on any atom is -0.388 e. The Hall–Kier alpha value is -1.58. The summed E-state index contributed by atoms with van der Waals surface area (Å²) >= 11 is 1.51. The molecule has 0 aliphatic heterocycles. The van der Waals surface area contributed by atoms with Gasteiger partial charge in [-0.15, -0.1) is 11.8 Å². The summed E-state index contributed by atoms with van der Waals surface area (Å²) in [5.41, 5.74) is 0.792. The van der Waals surface area contributed by atoms with Crippen molar-refractivity contribution in [3.05, 3.63) is 66.2 Å². The molecule has 1 atom stereocenters. The summed E-state index contributed by atoms with van der Waals surface area (Å²) < 4.78 is 0. The lowest BCUT2D eigenvalue weighted by Crippen LogP contribution is -2.08. The van der Waals surface area contributed by atoms with Gasteiger partial charge in [-0.2, -0.15) is 0 Å². The van der Waals surface area contributed by atoms with Crippen molar-refractivity contribution in [3.8, 4) is 0 Å². The fraction of sp³-hybridized carbons (Fsp3) is 0.188. The molecule has 1 N–H and O–H groups in total. The molecule has 0 aliphatic rings. The zero-order valence-electron chi connectivity index (χ0n) is 10.5. The Balaban J connectivity index is 1.82. The first kappa shape index (κ1) is 13.8. The normalized spacial score (nSPS) is 12.1. The zero-order valence-corrected chi connectivity index (χ0v) is 11.3. The smallest absolute Gasteiger partial charge is 0.146 e. The van der Waals surface area contributed by atoms with Gasteiger partial charge in [0.05, 0.1) is 11.9 Å². The molecule has 0 fully saturated rings. The van der Waals surface area contributed by atoms with Crippen LogP contribution in [0.5, 0.6) is 0 Å². The molecule has 0 amide bonds. The molecule has 0 aromatic heterocycles. The monoisotopic (exact) mass is 272 g/mol. The highest BCUT2D eigenvalue weighted by Gasteiger charge is 2.12. The van der Waals surface area contributed by atoms with Crippen molar-refractivity contribution in [1.29, 1.82) is 0 Å². The van der Waals surface area contributed by atoms with E-state index < -0.39 is 6.10 Å². The molecule has 0 aliphatic carbocycles. The lowest BCUT2D eigenvalue weighted by molar-refractivity contribution is -0.118. The summed E-state index contributed by atoms with van der Waals surface area (Å²) in [6.45, 7) is 0. The molecule has 19 heavy (non-hydrogen) atoms. The van der Waals surface area contributed by atoms with E-state index in [2.05, 4.69) is 0 Å². The van der Waals surface area contributed by atoms with Crippen molar-refractivity contribution in [2.75, 3.05) is 5.75 Å². The topological polar surface area (TPSA) is 37.3 Å². The summed E-state index contributed by atoms with van der Waals surface area (Å²) in [5.74, 6) is 0.457. The molecule has 0 radical (unpaired) electrons. The van der Waals surface area contributed by atoms with Crippen molar-refractivity contribution in [3.63, 3.8) is 0 Å². The van der Waals surface area contributed by atoms with E-state index in [1.165, 1.54) is 11.8 Å². The average Bonchev–Trinajstić information content (AvgIpc) is 2.47. The van der Waals surface area contributed by atoms with Crippen LogP contribution in [0.25, 0.3) is 0 Å². The highest BCUT2D eigenvalue weighted by atomic mass is 32.2. The van der Waals surface area contributed by atoms with E-state index >= 15 is 0 Å². The van der Waals surface area contributed by atoms with Crippen LogP contribution in [0.3, 0.4) is 0 Å². The van der Waals surface area contributed by atoms with E-state index in [4.69, 9.17) is 0 Å². The van der Waals surface area contributed by atoms with E-state index in [9.17, 15) is 9.90 Å². The summed E-state index contributed by atoms with van der Waals surface area (Å²) in [6.07, 6.45) is -0.533. The van der Waals surface area contributed by atoms with Gasteiger partial charge in [-0.05, 0) is 17.7 Å². The Morgan fingerprint density at radius 3 is 2.21 bits per heavy atom. The second-order valence-electron chi connectivity index (χ2n) is 4.27. The summed E-state index contributed by atoms with van der Waals surface area (Å²) in [6, 6.07) is 19.1. The Morgan fingerprint density at radius 1 is 1.00 bits per heavy atom. The zero-order chi connectivity index (χ0) is 13.5. The van der Waals surface area contributed by atoms with Gasteiger partial charge in [0.2, 0.25) is 0 Å². The van der Waals surface area contributed by atoms with Crippen molar-refractivity contribution >= 4 is 17.5 Å². The van der Waals surface area contributed by atoms with Gasteiger partial charge in [0.25, 0.3) is 0 Å². The Labute approximate surface area is 117 Å². The first-order valence-corrected chi connectivity index (χ1v) is 7.17. The van der Waals surface area contributed by atoms with E-state index in [0.29, 0.717) is 5.75 Å². The summed E-state index contributed by atoms with van der Waals surface area (Å²) in [5, 5.41) is 9.96. The third kappa shape index (κ3) is 4.54. The van der Waals surface area contributed by atoms with Crippen LogP contribution in [0.15, 0.2) is 65.6 Å². The van der Waals surface area contributed by atoms with Gasteiger partial charge >= 0.3 is 0 Å². The number of hydrogen-bond acceptors (Lipinski definition) is 3. The number of ketones is 1. The Bertz CT molecular complexity index is 511. The number of carbonyl (C=O) groups excluding carboxylic acids is 1. The highest BCUT2D eigenvalue weighted by Crippen LogP contribution is 2.21. The lowest BCUT2D eigenvalue weighted by Gasteiger charge is -2.09. The van der Waals surface area contributed by atoms with Crippen molar-refractivity contribution in [2.45, 2.75) is 17.4 Å². The number of aliphatic hydroxyl groups excluding tert-OH is 1. The number of hydrogen-bond donors (Lipinski definition) is 1. The maximum Gasteiger partial charge on any atom is 0.146 e. The van der Waals surface area contributed by atoms with Gasteiger partial charge in [-0.25, -0.2) is 0 Å². The fourth-order valence-electron chi connectivity index (χ4n) is 1.75. The lowest BCUT2D eigenvalue weighted by atomic mass is 10.1. The molecule has 2 aromatic rings. The Kier molecular flexibility index (Phi) is 5.19. The van der Waals surface area contributed by atoms with E-state index in [1.54, 1.807) is 0 Å². The summed E-state index contributed by atoms with van der Waals surface area (Å²) in [7, 11) is 0. The first-order chi connectivity index (χ1) is 9.25. The van der Waals surface area contributed by atoms with Crippen molar-refractivity contribution < 1.29 is 9.90 Å². The number of Topliss-reactive ketones (excluding diaryl/α,β-unsaturated/α-hetero) is 1. The molecule has 3 heteroatoms. The minimum atomic E-state index is -0.704. The van der Waals surface area contributed by atoms with Gasteiger partial charge in [-0.3, -0.25) is 4.79 Å². The van der Waals surface area contributed by atoms with Crippen LogP contribution in [-0.4, -0.2) is 16.6 Å². The number of rotatable bonds is 6. The number of aliphatic hydroxyl groups is 1. The molecule has 0 heterocycles. The number of thioether (sulfide) groups is 1. The first-order valence-electron chi connectivity index (χ1n) is 6.18. The molecular weight excluding hydrogens is 256 g/mol. The molecule has 0 bridgehead atoms. The van der Waals surface area contributed by atoms with E-state index in [-0.39, 0.29) is 12.2 Å². The van der Waals surface area contributed by atoms with Gasteiger partial charge in [0, 0.05) is 11.3 Å². The maximum absolute atomic E-state index is 11.8. The molecule has 98 valence electrons. The van der Waals surface area contributed by atoms with Crippen LogP contribution in [0.1, 0.15) is 18.1 Å². The van der Waals surface area contributed by atoms with Gasteiger partial charge in [-0.1, -0.05) is 48.5 Å². The van der Waals surface area contributed by atoms with E-state index in [0.717, 1.165) is 10.5 Å². The fourth-order valence-corrected chi connectivity index (χ4v) is 2.54. The largest absolute Gasteiger partial charge is 0.388 e. The third-order valence-corrected chi connectivity index (χ3v) is 3.82. The van der Waals surface area contributed by atoms with Crippen molar-refractivity contribution in [1.82, 2.24) is 0 Å². The maximum atomic E-state index is 11.8. The molecular formula is C16H16O2S. The van der Waals surface area contributed by atoms with Gasteiger partial charge in [0.1, 0.15) is 5.78 Å². The molecule has 2 rings (SSSR count). The van der Waals surface area contributed by atoms with Crippen LogP contribution in [0.2, 0.25) is 0 Å². The van der Waals surface area contributed by atoms with Crippen LogP contribution >= 0.6 is 11.8 Å². The van der Waals surface area contributed by atoms with E-state index in [1.807, 2.05) is 60.7 Å². The van der Waals surface area contributed by atoms with Crippen LogP contribution in [-0.2, 0) is 4.79 Å². The predicted molar refractivity (Wildman–Crippen MR) is 78.2 cm³/mol. The third-order valence-electron chi connectivity index (χ3n) is 2.75. The quantitative estimate of drug-likeness (QED) is 0.818. The SMILES string of the molecule is O=C(CSc1ccccc1)C[C@@H](O)c1ccccc1. The molecule has 0 saturated carbocycles.